The molecule has 2 saturated carbocycles. The van der Waals surface area contributed by atoms with Crippen LogP contribution in [0.5, 0.6) is 5.75 Å². The molecule has 1 aromatic carbocycles. The third-order valence-electron chi connectivity index (χ3n) is 6.70. The van der Waals surface area contributed by atoms with Crippen molar-refractivity contribution in [2.45, 2.75) is 57.5 Å². The molecule has 2 nitrogen and oxygen atoms in total. The van der Waals surface area contributed by atoms with Crippen LogP contribution in [0.4, 0.5) is 0 Å². The normalized spacial score (nSPS) is 41.3. The first kappa shape index (κ1) is 13.9. The molecule has 0 bridgehead atoms. The van der Waals surface area contributed by atoms with E-state index in [4.69, 9.17) is 11.6 Å². The number of aromatic hydroxyl groups is 1. The van der Waals surface area contributed by atoms with Gasteiger partial charge >= 0.3 is 0 Å². The van der Waals surface area contributed by atoms with Crippen LogP contribution in [0, 0.1) is 17.3 Å². The van der Waals surface area contributed by atoms with E-state index in [1.807, 2.05) is 6.07 Å². The Kier molecular flexibility index (Phi) is 3.07. The van der Waals surface area contributed by atoms with Crippen LogP contribution in [0.15, 0.2) is 12.1 Å². The minimum absolute atomic E-state index is 0.113. The monoisotopic (exact) mass is 306 g/mol. The molecule has 3 heteroatoms. The van der Waals surface area contributed by atoms with Crippen molar-refractivity contribution in [3.8, 4) is 5.75 Å². The van der Waals surface area contributed by atoms with Gasteiger partial charge in [-0.25, -0.2) is 0 Å². The molecule has 0 aliphatic heterocycles. The molecule has 2 fully saturated rings. The number of aryl methyl sites for hydroxylation is 1. The molecule has 21 heavy (non-hydrogen) atoms. The smallest absolute Gasteiger partial charge is 0.117 e. The first-order valence-corrected chi connectivity index (χ1v) is 8.58. The highest BCUT2D eigenvalue weighted by atomic mass is 35.5. The van der Waals surface area contributed by atoms with Crippen molar-refractivity contribution in [2.24, 2.45) is 17.3 Å². The molecule has 0 aromatic heterocycles. The van der Waals surface area contributed by atoms with E-state index >= 15 is 0 Å². The van der Waals surface area contributed by atoms with Crippen LogP contribution in [0.1, 0.15) is 56.1 Å². The summed E-state index contributed by atoms with van der Waals surface area (Å²) in [6.07, 6.45) is 6.38. The molecule has 3 aliphatic rings. The average Bonchev–Trinajstić information content (AvgIpc) is 2.74. The van der Waals surface area contributed by atoms with Crippen LogP contribution in [-0.2, 0) is 6.42 Å². The van der Waals surface area contributed by atoms with E-state index in [9.17, 15) is 10.2 Å². The Morgan fingerprint density at radius 3 is 2.81 bits per heavy atom. The molecular weight excluding hydrogens is 284 g/mol. The zero-order chi connectivity index (χ0) is 14.8. The number of fused-ring (bicyclic) bond motifs is 5. The molecule has 0 saturated heterocycles. The van der Waals surface area contributed by atoms with Gasteiger partial charge in [-0.3, -0.25) is 0 Å². The number of aliphatic hydroxyl groups excluding tert-OH is 1. The molecule has 0 unspecified atom stereocenters. The van der Waals surface area contributed by atoms with Crippen molar-refractivity contribution in [1.29, 1.82) is 0 Å². The molecular formula is C18H23ClO2. The molecule has 5 atom stereocenters. The molecule has 0 heterocycles. The van der Waals surface area contributed by atoms with E-state index in [1.54, 1.807) is 6.07 Å². The average molecular weight is 307 g/mol. The van der Waals surface area contributed by atoms with Crippen molar-refractivity contribution < 1.29 is 10.2 Å². The maximum absolute atomic E-state index is 10.4. The molecule has 3 aliphatic carbocycles. The lowest BCUT2D eigenvalue weighted by atomic mass is 9.55. The number of halogens is 1. The SMILES string of the molecule is C[C@]12CC[C@@H]3c4c(Cl)cc(O)cc4CC[C@H]3[C@@H]1CC[C@@H]2O. The highest BCUT2D eigenvalue weighted by Crippen LogP contribution is 2.61. The molecule has 2 N–H and O–H groups in total. The first-order valence-electron chi connectivity index (χ1n) is 8.20. The predicted molar refractivity (Wildman–Crippen MR) is 83.7 cm³/mol. The summed E-state index contributed by atoms with van der Waals surface area (Å²) < 4.78 is 0. The van der Waals surface area contributed by atoms with Crippen LogP contribution < -0.4 is 0 Å². The summed E-state index contributed by atoms with van der Waals surface area (Å²) in [6.45, 7) is 2.29. The van der Waals surface area contributed by atoms with Crippen LogP contribution in [0.25, 0.3) is 0 Å². The Hall–Kier alpha value is -0.730. The third kappa shape index (κ3) is 1.88. The Morgan fingerprint density at radius 2 is 2.00 bits per heavy atom. The van der Waals surface area contributed by atoms with Crippen molar-refractivity contribution in [1.82, 2.24) is 0 Å². The number of hydrogen-bond acceptors (Lipinski definition) is 2. The van der Waals surface area contributed by atoms with Gasteiger partial charge in [0.1, 0.15) is 5.75 Å². The number of benzene rings is 1. The summed E-state index contributed by atoms with van der Waals surface area (Å²) in [6, 6.07) is 3.59. The van der Waals surface area contributed by atoms with E-state index in [0.29, 0.717) is 17.8 Å². The zero-order valence-corrected chi connectivity index (χ0v) is 13.2. The first-order chi connectivity index (χ1) is 10.0. The highest BCUT2D eigenvalue weighted by Gasteiger charge is 2.54. The standard InChI is InChI=1S/C18H23ClO2/c1-18-7-6-13-12(14(18)4-5-16(18)21)3-2-10-8-11(20)9-15(19)17(10)13/h8-9,12-14,16,20-21H,2-7H2,1H3/t12-,13+,14+,16+,18+/m1/s1. The minimum Gasteiger partial charge on any atom is -0.508 e. The molecule has 0 spiro atoms. The van der Waals surface area contributed by atoms with E-state index in [-0.39, 0.29) is 17.3 Å². The van der Waals surface area contributed by atoms with Gasteiger partial charge in [0.2, 0.25) is 0 Å². The number of rotatable bonds is 0. The maximum atomic E-state index is 10.4. The summed E-state index contributed by atoms with van der Waals surface area (Å²) in [5, 5.41) is 20.9. The molecule has 4 rings (SSSR count). The number of phenolic OH excluding ortho intramolecular Hbond substituents is 1. The predicted octanol–water partition coefficient (Wildman–Crippen LogP) is 4.26. The van der Waals surface area contributed by atoms with E-state index in [0.717, 1.165) is 37.1 Å². The topological polar surface area (TPSA) is 40.5 Å². The van der Waals surface area contributed by atoms with Gasteiger partial charge < -0.3 is 10.2 Å². The Bertz CT molecular complexity index is 585. The summed E-state index contributed by atoms with van der Waals surface area (Å²) in [5.41, 5.74) is 2.64. The third-order valence-corrected chi connectivity index (χ3v) is 7.02. The molecule has 114 valence electrons. The number of hydrogen-bond donors (Lipinski definition) is 2. The van der Waals surface area contributed by atoms with Crippen molar-refractivity contribution in [3.63, 3.8) is 0 Å². The highest BCUT2D eigenvalue weighted by molar-refractivity contribution is 6.31. The fraction of sp³-hybridized carbons (Fsp3) is 0.667. The Morgan fingerprint density at radius 1 is 1.19 bits per heavy atom. The van der Waals surface area contributed by atoms with Crippen LogP contribution in [-0.4, -0.2) is 16.3 Å². The van der Waals surface area contributed by atoms with E-state index < -0.39 is 0 Å². The molecule has 1 aromatic rings. The van der Waals surface area contributed by atoms with Crippen LogP contribution in [0.3, 0.4) is 0 Å². The van der Waals surface area contributed by atoms with E-state index in [2.05, 4.69) is 6.92 Å². The van der Waals surface area contributed by atoms with Gasteiger partial charge in [0, 0.05) is 5.02 Å². The van der Waals surface area contributed by atoms with Gasteiger partial charge in [0.15, 0.2) is 0 Å². The van der Waals surface area contributed by atoms with Crippen molar-refractivity contribution >= 4 is 11.6 Å². The quantitative estimate of drug-likeness (QED) is 0.752. The summed E-state index contributed by atoms with van der Waals surface area (Å²) in [7, 11) is 0. The zero-order valence-electron chi connectivity index (χ0n) is 12.5. The summed E-state index contributed by atoms with van der Waals surface area (Å²) in [5.74, 6) is 2.08. The number of phenols is 1. The molecule has 0 amide bonds. The second-order valence-corrected chi connectivity index (χ2v) is 7.96. The van der Waals surface area contributed by atoms with Gasteiger partial charge in [0.05, 0.1) is 6.10 Å². The lowest BCUT2D eigenvalue weighted by Crippen LogP contribution is -2.44. The number of aliphatic hydroxyl groups is 1. The Labute approximate surface area is 131 Å². The summed E-state index contributed by atoms with van der Waals surface area (Å²) in [4.78, 5) is 0. The minimum atomic E-state index is -0.125. The molecule has 0 radical (unpaired) electrons. The second kappa shape index (κ2) is 4.63. The largest absolute Gasteiger partial charge is 0.508 e. The summed E-state index contributed by atoms with van der Waals surface area (Å²) >= 11 is 6.46. The maximum Gasteiger partial charge on any atom is 0.117 e. The fourth-order valence-corrected chi connectivity index (χ4v) is 6.00. The van der Waals surface area contributed by atoms with Crippen molar-refractivity contribution in [2.75, 3.05) is 0 Å². The Balaban J connectivity index is 1.75. The van der Waals surface area contributed by atoms with Crippen molar-refractivity contribution in [3.05, 3.63) is 28.3 Å². The fourth-order valence-electron chi connectivity index (χ4n) is 5.62. The van der Waals surface area contributed by atoms with E-state index in [1.165, 1.54) is 17.5 Å². The van der Waals surface area contributed by atoms with Crippen LogP contribution in [0.2, 0.25) is 5.02 Å². The lowest BCUT2D eigenvalue weighted by molar-refractivity contribution is -0.0226. The van der Waals surface area contributed by atoms with Gasteiger partial charge in [-0.15, -0.1) is 0 Å². The van der Waals surface area contributed by atoms with Crippen LogP contribution >= 0.6 is 11.6 Å². The second-order valence-electron chi connectivity index (χ2n) is 7.55. The van der Waals surface area contributed by atoms with Gasteiger partial charge in [-0.05, 0) is 85.0 Å². The van der Waals surface area contributed by atoms with Gasteiger partial charge in [0.25, 0.3) is 0 Å². The van der Waals surface area contributed by atoms with Gasteiger partial charge in [-0.2, -0.15) is 0 Å². The van der Waals surface area contributed by atoms with Gasteiger partial charge in [-0.1, -0.05) is 18.5 Å². The lowest BCUT2D eigenvalue weighted by Gasteiger charge is -2.50.